The fourth-order valence-electron chi connectivity index (χ4n) is 5.44. The molecule has 5 heteroatoms. The molecule has 0 spiro atoms. The summed E-state index contributed by atoms with van der Waals surface area (Å²) in [6, 6.07) is 0. The minimum Gasteiger partial charge on any atom is -0.394 e. The minimum atomic E-state index is -2.51. The number of aliphatic hydroxyl groups excluding tert-OH is 2. The van der Waals surface area contributed by atoms with E-state index >= 15 is 0 Å². The number of Topliss-reactive ketones (excluding diaryl/α,β-unsaturated/α-hetero) is 2. The number of hydrogen-bond acceptors (Lipinski definition) is 5. The largest absolute Gasteiger partial charge is 0.394 e. The van der Waals surface area contributed by atoms with Crippen molar-refractivity contribution in [3.8, 4) is 23.7 Å². The molecule has 0 rings (SSSR count). The zero-order chi connectivity index (χ0) is 32.6. The molecule has 0 saturated heterocycles. The maximum atomic E-state index is 12.8. The van der Waals surface area contributed by atoms with Crippen LogP contribution in [0.15, 0.2) is 0 Å². The van der Waals surface area contributed by atoms with Gasteiger partial charge in [-0.25, -0.2) is 0 Å². The van der Waals surface area contributed by atoms with Gasteiger partial charge in [-0.15, -0.1) is 23.7 Å². The fourth-order valence-corrected chi connectivity index (χ4v) is 5.44. The molecule has 0 aromatic carbocycles. The number of carbonyl (C=O) groups excluding carboxylic acids is 2. The van der Waals surface area contributed by atoms with Gasteiger partial charge in [0, 0.05) is 38.5 Å². The predicted octanol–water partition coefficient (Wildman–Crippen LogP) is 9.18. The lowest BCUT2D eigenvalue weighted by molar-refractivity contribution is -0.166. The van der Waals surface area contributed by atoms with Gasteiger partial charge in [-0.3, -0.25) is 9.59 Å². The van der Waals surface area contributed by atoms with Crippen molar-refractivity contribution in [1.82, 2.24) is 0 Å². The van der Waals surface area contributed by atoms with E-state index in [1.807, 2.05) is 0 Å². The molecular formula is C39H68O5. The van der Waals surface area contributed by atoms with Gasteiger partial charge in [-0.1, -0.05) is 117 Å². The number of rotatable bonds is 30. The summed E-state index contributed by atoms with van der Waals surface area (Å²) in [5.41, 5.74) is -2.51. The van der Waals surface area contributed by atoms with E-state index in [0.717, 1.165) is 77.0 Å². The van der Waals surface area contributed by atoms with Crippen molar-refractivity contribution in [2.45, 2.75) is 205 Å². The smallest absolute Gasteiger partial charge is 0.209 e. The maximum Gasteiger partial charge on any atom is 0.209 e. The number of hydrogen-bond donors (Lipinski definition) is 3. The minimum absolute atomic E-state index is 0.0251. The van der Waals surface area contributed by atoms with E-state index < -0.39 is 29.9 Å². The van der Waals surface area contributed by atoms with E-state index in [1.54, 1.807) is 0 Å². The molecule has 5 nitrogen and oxygen atoms in total. The summed E-state index contributed by atoms with van der Waals surface area (Å²) in [6.07, 6.45) is 26.4. The third-order valence-electron chi connectivity index (χ3n) is 8.48. The Balaban J connectivity index is 4.06. The first-order chi connectivity index (χ1) is 21.4. The van der Waals surface area contributed by atoms with Crippen molar-refractivity contribution < 1.29 is 24.9 Å². The SMILES string of the molecule is CCCCCCCCC#CCCCCCCCC(=O)C(O)(C(=O)CCCCCCCC#CCCCCCCCC)C(O)CO. The first kappa shape index (κ1) is 42.3. The highest BCUT2D eigenvalue weighted by molar-refractivity contribution is 6.10. The van der Waals surface area contributed by atoms with Gasteiger partial charge < -0.3 is 15.3 Å². The van der Waals surface area contributed by atoms with Gasteiger partial charge in [-0.2, -0.15) is 0 Å². The van der Waals surface area contributed by atoms with Crippen molar-refractivity contribution >= 4 is 11.6 Å². The van der Waals surface area contributed by atoms with Gasteiger partial charge in [0.15, 0.2) is 11.6 Å². The molecule has 0 aromatic rings. The third kappa shape index (κ3) is 22.8. The van der Waals surface area contributed by atoms with Gasteiger partial charge in [0.1, 0.15) is 6.10 Å². The molecule has 44 heavy (non-hydrogen) atoms. The molecule has 0 aliphatic heterocycles. The molecule has 1 atom stereocenters. The second-order valence-electron chi connectivity index (χ2n) is 12.6. The van der Waals surface area contributed by atoms with Gasteiger partial charge in [-0.05, 0) is 38.5 Å². The van der Waals surface area contributed by atoms with E-state index in [1.165, 1.54) is 77.0 Å². The average molecular weight is 617 g/mol. The lowest BCUT2D eigenvalue weighted by Gasteiger charge is -2.29. The lowest BCUT2D eigenvalue weighted by Crippen LogP contribution is -2.57. The van der Waals surface area contributed by atoms with Crippen LogP contribution in [0.25, 0.3) is 0 Å². The second kappa shape index (κ2) is 31.3. The molecule has 0 fully saturated rings. The molecule has 0 amide bonds. The van der Waals surface area contributed by atoms with Crippen LogP contribution in [-0.4, -0.2) is 45.2 Å². The number of ketones is 2. The summed E-state index contributed by atoms with van der Waals surface area (Å²) < 4.78 is 0. The molecule has 254 valence electrons. The van der Waals surface area contributed by atoms with Crippen LogP contribution < -0.4 is 0 Å². The quantitative estimate of drug-likeness (QED) is 0.0425. The van der Waals surface area contributed by atoms with E-state index in [2.05, 4.69) is 37.5 Å². The predicted molar refractivity (Wildman–Crippen MR) is 184 cm³/mol. The highest BCUT2D eigenvalue weighted by atomic mass is 16.4. The fraction of sp³-hybridized carbons (Fsp3) is 0.846. The summed E-state index contributed by atoms with van der Waals surface area (Å²) in [6.45, 7) is 3.64. The van der Waals surface area contributed by atoms with Gasteiger partial charge in [0.05, 0.1) is 6.61 Å². The van der Waals surface area contributed by atoms with Crippen LogP contribution in [-0.2, 0) is 9.59 Å². The topological polar surface area (TPSA) is 94.8 Å². The number of unbranched alkanes of at least 4 members (excludes halogenated alkanes) is 22. The van der Waals surface area contributed by atoms with E-state index in [-0.39, 0.29) is 12.8 Å². The molecule has 0 heterocycles. The Morgan fingerprint density at radius 1 is 0.500 bits per heavy atom. The van der Waals surface area contributed by atoms with E-state index in [9.17, 15) is 24.9 Å². The van der Waals surface area contributed by atoms with Gasteiger partial charge >= 0.3 is 0 Å². The Bertz CT molecular complexity index is 752. The summed E-state index contributed by atoms with van der Waals surface area (Å²) in [7, 11) is 0. The van der Waals surface area contributed by atoms with E-state index in [4.69, 9.17) is 0 Å². The van der Waals surface area contributed by atoms with Crippen LogP contribution >= 0.6 is 0 Å². The third-order valence-corrected chi connectivity index (χ3v) is 8.48. The van der Waals surface area contributed by atoms with Crippen molar-refractivity contribution in [1.29, 1.82) is 0 Å². The Morgan fingerprint density at radius 3 is 1.07 bits per heavy atom. The zero-order valence-corrected chi connectivity index (χ0v) is 28.7. The average Bonchev–Trinajstić information content (AvgIpc) is 3.03. The Kier molecular flexibility index (Phi) is 30.1. The molecule has 1 unspecified atom stereocenters. The number of aliphatic hydroxyl groups is 3. The van der Waals surface area contributed by atoms with Crippen LogP contribution in [0, 0.1) is 23.7 Å². The van der Waals surface area contributed by atoms with Crippen molar-refractivity contribution in [2.24, 2.45) is 0 Å². The Hall–Kier alpha value is -1.66. The zero-order valence-electron chi connectivity index (χ0n) is 28.7. The molecule has 0 bridgehead atoms. The monoisotopic (exact) mass is 617 g/mol. The van der Waals surface area contributed by atoms with Crippen LogP contribution in [0.1, 0.15) is 194 Å². The highest BCUT2D eigenvalue weighted by Crippen LogP contribution is 2.22. The Morgan fingerprint density at radius 2 is 0.773 bits per heavy atom. The molecule has 0 aromatic heterocycles. The van der Waals surface area contributed by atoms with Gasteiger partial charge in [0.25, 0.3) is 0 Å². The molecule has 0 aliphatic carbocycles. The molecule has 3 N–H and O–H groups in total. The van der Waals surface area contributed by atoms with E-state index in [0.29, 0.717) is 12.8 Å². The van der Waals surface area contributed by atoms with Crippen LogP contribution in [0.3, 0.4) is 0 Å². The summed E-state index contributed by atoms with van der Waals surface area (Å²) in [5.74, 6) is 11.7. The number of carbonyl (C=O) groups is 2. The van der Waals surface area contributed by atoms with Crippen molar-refractivity contribution in [2.75, 3.05) is 6.61 Å². The van der Waals surface area contributed by atoms with Crippen LogP contribution in [0.2, 0.25) is 0 Å². The molecule has 0 radical (unpaired) electrons. The first-order valence-corrected chi connectivity index (χ1v) is 18.4. The highest BCUT2D eigenvalue weighted by Gasteiger charge is 2.48. The molecule has 0 saturated carbocycles. The summed E-state index contributed by atoms with van der Waals surface area (Å²) in [5, 5.41) is 30.5. The summed E-state index contributed by atoms with van der Waals surface area (Å²) >= 11 is 0. The second-order valence-corrected chi connectivity index (χ2v) is 12.6. The van der Waals surface area contributed by atoms with Crippen molar-refractivity contribution in [3.63, 3.8) is 0 Å². The maximum absolute atomic E-state index is 12.8. The first-order valence-electron chi connectivity index (χ1n) is 18.4. The van der Waals surface area contributed by atoms with Crippen LogP contribution in [0.5, 0.6) is 0 Å². The standard InChI is InChI=1S/C39H68O5/c1-3-5-7-9-11-13-15-17-19-21-23-25-27-29-31-33-36(41)39(44,38(43)35-40)37(42)34-32-30-28-26-24-22-20-18-16-14-12-10-8-6-4-2/h38,40,43-44H,3-16,21-35H2,1-2H3. The Labute approximate surface area is 271 Å². The molecule has 0 aliphatic rings. The normalized spacial score (nSPS) is 11.8. The van der Waals surface area contributed by atoms with Gasteiger partial charge in [0.2, 0.25) is 5.60 Å². The van der Waals surface area contributed by atoms with Crippen LogP contribution in [0.4, 0.5) is 0 Å². The summed E-state index contributed by atoms with van der Waals surface area (Å²) in [4.78, 5) is 25.7. The van der Waals surface area contributed by atoms with Crippen molar-refractivity contribution in [3.05, 3.63) is 0 Å². The lowest BCUT2D eigenvalue weighted by atomic mass is 9.82. The molecular weight excluding hydrogens is 548 g/mol.